The van der Waals surface area contributed by atoms with Crippen LogP contribution >= 0.6 is 11.3 Å². The van der Waals surface area contributed by atoms with Crippen LogP contribution in [0, 0.1) is 18.8 Å². The van der Waals surface area contributed by atoms with Gasteiger partial charge in [0, 0.05) is 24.0 Å². The Morgan fingerprint density at radius 1 is 1.18 bits per heavy atom. The summed E-state index contributed by atoms with van der Waals surface area (Å²) in [6.07, 6.45) is 5.14. The molecule has 204 valence electrons. The van der Waals surface area contributed by atoms with E-state index in [4.69, 9.17) is 9.47 Å². The molecule has 1 aliphatic rings. The van der Waals surface area contributed by atoms with Crippen LogP contribution in [0.5, 0.6) is 11.6 Å². The van der Waals surface area contributed by atoms with E-state index in [0.29, 0.717) is 23.8 Å². The van der Waals surface area contributed by atoms with E-state index in [2.05, 4.69) is 20.0 Å². The van der Waals surface area contributed by atoms with Crippen molar-refractivity contribution in [2.45, 2.75) is 44.4 Å². The summed E-state index contributed by atoms with van der Waals surface area (Å²) in [5.41, 5.74) is 1.66. The molecule has 0 radical (unpaired) electrons. The fourth-order valence-corrected chi connectivity index (χ4v) is 6.63. The van der Waals surface area contributed by atoms with Crippen LogP contribution in [0.4, 0.5) is 10.8 Å². The third-order valence-electron chi connectivity index (χ3n) is 6.49. The summed E-state index contributed by atoms with van der Waals surface area (Å²) in [5.74, 6) is 0.352. The van der Waals surface area contributed by atoms with Gasteiger partial charge >= 0.3 is 5.97 Å². The van der Waals surface area contributed by atoms with E-state index >= 15 is 0 Å². The first-order valence-corrected chi connectivity index (χ1v) is 14.7. The molecule has 0 spiro atoms. The molecule has 1 fully saturated rings. The number of sulfonamides is 1. The van der Waals surface area contributed by atoms with Gasteiger partial charge in [-0.15, -0.1) is 0 Å². The highest BCUT2D eigenvalue weighted by molar-refractivity contribution is 7.92. The number of anilines is 2. The van der Waals surface area contributed by atoms with Gasteiger partial charge in [0.05, 0.1) is 30.2 Å². The summed E-state index contributed by atoms with van der Waals surface area (Å²) >= 11 is 1.43. The Morgan fingerprint density at radius 3 is 2.55 bits per heavy atom. The number of carbonyl (C=O) groups is 1. The van der Waals surface area contributed by atoms with Gasteiger partial charge in [0.15, 0.2) is 5.13 Å². The Balaban J connectivity index is 1.46. The Bertz CT molecular complexity index is 1370. The molecule has 1 aliphatic carbocycles. The lowest BCUT2D eigenvalue weighted by Crippen LogP contribution is -2.26. The Hall–Kier alpha value is -3.38. The fraction of sp³-hybridized carbons (Fsp3) is 0.423. The van der Waals surface area contributed by atoms with Gasteiger partial charge in [-0.2, -0.15) is 0 Å². The highest BCUT2D eigenvalue weighted by Crippen LogP contribution is 2.36. The number of hydrogen-bond donors (Lipinski definition) is 3. The standard InChI is InChI=1S/C26H32N4O6S2/c1-4-36-25(32)18-7-5-17(6-8-18)14-28-26-29-16(2)23(37-26)19-13-22(24(35-3)27-15-19)38(33,34)30-20-9-11-21(31)12-10-20/h9-13,15,17-18,30-31H,4-8,14H2,1-3H3,(H,28,29). The van der Waals surface area contributed by atoms with E-state index in [1.165, 1.54) is 48.8 Å². The molecule has 0 amide bonds. The molecule has 3 aromatic rings. The summed E-state index contributed by atoms with van der Waals surface area (Å²) in [4.78, 5) is 21.5. The van der Waals surface area contributed by atoms with E-state index in [-0.39, 0.29) is 28.4 Å². The summed E-state index contributed by atoms with van der Waals surface area (Å²) in [6, 6.07) is 7.24. The molecule has 0 unspecified atom stereocenters. The molecule has 2 heterocycles. The van der Waals surface area contributed by atoms with Gasteiger partial charge in [0.1, 0.15) is 10.6 Å². The van der Waals surface area contributed by atoms with Crippen molar-refractivity contribution < 1.29 is 27.8 Å². The molecule has 0 aliphatic heterocycles. The van der Waals surface area contributed by atoms with E-state index in [1.54, 1.807) is 6.20 Å². The summed E-state index contributed by atoms with van der Waals surface area (Å²) in [6.45, 7) is 4.86. The van der Waals surface area contributed by atoms with Gasteiger partial charge in [0.25, 0.3) is 10.0 Å². The average molecular weight is 561 g/mol. The van der Waals surface area contributed by atoms with Gasteiger partial charge in [-0.3, -0.25) is 9.52 Å². The molecule has 38 heavy (non-hydrogen) atoms. The molecule has 3 N–H and O–H groups in total. The van der Waals surface area contributed by atoms with Crippen molar-refractivity contribution in [3.63, 3.8) is 0 Å². The number of phenols is 1. The first-order valence-electron chi connectivity index (χ1n) is 12.4. The molecular formula is C26H32N4O6S2. The molecule has 4 rings (SSSR count). The number of rotatable bonds is 10. The number of aromatic nitrogens is 2. The zero-order valence-electron chi connectivity index (χ0n) is 21.6. The maximum Gasteiger partial charge on any atom is 0.308 e. The van der Waals surface area contributed by atoms with Gasteiger partial charge in [0.2, 0.25) is 5.88 Å². The number of ether oxygens (including phenoxy) is 2. The largest absolute Gasteiger partial charge is 0.508 e. The number of pyridine rings is 1. The van der Waals surface area contributed by atoms with E-state index in [0.717, 1.165) is 47.9 Å². The summed E-state index contributed by atoms with van der Waals surface area (Å²) < 4.78 is 39.2. The maximum absolute atomic E-state index is 13.2. The van der Waals surface area contributed by atoms with Crippen LogP contribution in [0.1, 0.15) is 38.3 Å². The quantitative estimate of drug-likeness (QED) is 0.235. The number of aromatic hydroxyl groups is 1. The molecule has 10 nitrogen and oxygen atoms in total. The van der Waals surface area contributed by atoms with Crippen molar-refractivity contribution in [3.8, 4) is 22.1 Å². The predicted octanol–water partition coefficient (Wildman–Crippen LogP) is 4.81. The minimum absolute atomic E-state index is 0.00325. The third kappa shape index (κ3) is 6.54. The summed E-state index contributed by atoms with van der Waals surface area (Å²) in [7, 11) is -2.67. The Labute approximate surface area is 226 Å². The number of esters is 1. The zero-order chi connectivity index (χ0) is 27.3. The number of hydrogen-bond acceptors (Lipinski definition) is 10. The molecule has 2 aromatic heterocycles. The van der Waals surface area contributed by atoms with Crippen molar-refractivity contribution in [1.29, 1.82) is 0 Å². The Kier molecular flexibility index (Phi) is 8.72. The SMILES string of the molecule is CCOC(=O)C1CCC(CNc2nc(C)c(-c3cnc(OC)c(S(=O)(=O)Nc4ccc(O)cc4)c3)s2)CC1. The number of nitrogens with one attached hydrogen (secondary N) is 2. The number of carbonyl (C=O) groups excluding carboxylic acids is 1. The monoisotopic (exact) mass is 560 g/mol. The average Bonchev–Trinajstić information content (AvgIpc) is 3.29. The number of methoxy groups -OCH3 is 1. The molecule has 1 aromatic carbocycles. The van der Waals surface area contributed by atoms with E-state index in [1.807, 2.05) is 13.8 Å². The van der Waals surface area contributed by atoms with Gasteiger partial charge < -0.3 is 19.9 Å². The smallest absolute Gasteiger partial charge is 0.308 e. The van der Waals surface area contributed by atoms with Crippen molar-refractivity contribution in [2.24, 2.45) is 11.8 Å². The highest BCUT2D eigenvalue weighted by Gasteiger charge is 2.27. The third-order valence-corrected chi connectivity index (χ3v) is 9.03. The van der Waals surface area contributed by atoms with Crippen LogP contribution in [-0.4, -0.2) is 49.7 Å². The van der Waals surface area contributed by atoms with Crippen LogP contribution in [0.3, 0.4) is 0 Å². The zero-order valence-corrected chi connectivity index (χ0v) is 23.2. The number of thiazole rings is 1. The lowest BCUT2D eigenvalue weighted by molar-refractivity contribution is -0.149. The predicted molar refractivity (Wildman–Crippen MR) is 146 cm³/mol. The lowest BCUT2D eigenvalue weighted by atomic mass is 9.82. The van der Waals surface area contributed by atoms with Gasteiger partial charge in [-0.25, -0.2) is 18.4 Å². The van der Waals surface area contributed by atoms with Crippen LogP contribution in [0.25, 0.3) is 10.4 Å². The van der Waals surface area contributed by atoms with E-state index in [9.17, 15) is 18.3 Å². The second-order valence-corrected chi connectivity index (χ2v) is 11.8. The lowest BCUT2D eigenvalue weighted by Gasteiger charge is -2.27. The molecule has 1 saturated carbocycles. The van der Waals surface area contributed by atoms with Crippen molar-refractivity contribution in [2.75, 3.05) is 30.3 Å². The first-order chi connectivity index (χ1) is 18.2. The Morgan fingerprint density at radius 2 is 1.89 bits per heavy atom. The second-order valence-electron chi connectivity index (χ2n) is 9.17. The van der Waals surface area contributed by atoms with Crippen LogP contribution in [-0.2, 0) is 19.6 Å². The summed E-state index contributed by atoms with van der Waals surface area (Å²) in [5, 5.41) is 13.6. The fourth-order valence-electron chi connectivity index (χ4n) is 4.48. The van der Waals surface area contributed by atoms with Crippen molar-refractivity contribution >= 4 is 38.1 Å². The second kappa shape index (κ2) is 12.0. The van der Waals surface area contributed by atoms with Gasteiger partial charge in [-0.1, -0.05) is 11.3 Å². The van der Waals surface area contributed by atoms with Crippen LogP contribution < -0.4 is 14.8 Å². The molecular weight excluding hydrogens is 528 g/mol. The van der Waals surface area contributed by atoms with E-state index < -0.39 is 10.0 Å². The number of benzene rings is 1. The van der Waals surface area contributed by atoms with Crippen LogP contribution in [0.2, 0.25) is 0 Å². The first kappa shape index (κ1) is 27.6. The number of nitrogens with zero attached hydrogens (tertiary/aromatic N) is 2. The number of phenolic OH excluding ortho intramolecular Hbond substituents is 1. The molecule has 0 bridgehead atoms. The molecule has 12 heteroatoms. The minimum Gasteiger partial charge on any atom is -0.508 e. The molecule has 0 atom stereocenters. The normalized spacial score (nSPS) is 17.6. The van der Waals surface area contributed by atoms with Gasteiger partial charge in [-0.05, 0) is 75.8 Å². The minimum atomic E-state index is -4.03. The van der Waals surface area contributed by atoms with Crippen LogP contribution in [0.15, 0.2) is 41.4 Å². The molecule has 0 saturated heterocycles. The van der Waals surface area contributed by atoms with Crippen molar-refractivity contribution in [3.05, 3.63) is 42.2 Å². The maximum atomic E-state index is 13.2. The number of aryl methyl sites for hydroxylation is 1. The van der Waals surface area contributed by atoms with Crippen molar-refractivity contribution in [1.82, 2.24) is 9.97 Å². The highest BCUT2D eigenvalue weighted by atomic mass is 32.2. The topological polar surface area (TPSA) is 140 Å².